The predicted molar refractivity (Wildman–Crippen MR) is 90.7 cm³/mol. The van der Waals surface area contributed by atoms with E-state index in [2.05, 4.69) is 10.5 Å². The normalized spacial score (nSPS) is 10.5. The number of carbonyl (C=O) groups is 1. The molecule has 0 aliphatic heterocycles. The molecule has 7 heteroatoms. The zero-order valence-corrected chi connectivity index (χ0v) is 13.6. The largest absolute Gasteiger partial charge is 0.493 e. The monoisotopic (exact) mass is 330 g/mol. The summed E-state index contributed by atoms with van der Waals surface area (Å²) in [6.45, 7) is 0. The lowest BCUT2D eigenvalue weighted by Crippen LogP contribution is -2.02. The van der Waals surface area contributed by atoms with Gasteiger partial charge in [-0.2, -0.15) is 5.10 Å². The molecule has 0 fully saturated rings. The molecular formula is C17H18N2O5. The van der Waals surface area contributed by atoms with E-state index >= 15 is 0 Å². The van der Waals surface area contributed by atoms with Crippen molar-refractivity contribution in [2.75, 3.05) is 26.8 Å². The summed E-state index contributed by atoms with van der Waals surface area (Å²) >= 11 is 0. The molecule has 2 aromatic rings. The third-order valence-electron chi connectivity index (χ3n) is 3.24. The predicted octanol–water partition coefficient (Wildman–Crippen LogP) is 2.86. The molecule has 0 amide bonds. The average Bonchev–Trinajstić information content (AvgIpc) is 2.61. The number of methoxy groups -OCH3 is 3. The molecule has 2 N–H and O–H groups in total. The van der Waals surface area contributed by atoms with Crippen LogP contribution in [0.5, 0.6) is 17.2 Å². The number of carboxylic acid groups (broad SMARTS) is 1. The van der Waals surface area contributed by atoms with E-state index in [1.54, 1.807) is 30.3 Å². The van der Waals surface area contributed by atoms with Gasteiger partial charge in [0.15, 0.2) is 11.5 Å². The van der Waals surface area contributed by atoms with Crippen LogP contribution >= 0.6 is 0 Å². The quantitative estimate of drug-likeness (QED) is 0.599. The zero-order chi connectivity index (χ0) is 17.5. The van der Waals surface area contributed by atoms with Crippen LogP contribution in [-0.4, -0.2) is 38.6 Å². The SMILES string of the molecule is COc1cc(/C=N/Nc2ccccc2C(=O)O)cc(OC)c1OC. The molecule has 0 radical (unpaired) electrons. The first-order chi connectivity index (χ1) is 11.6. The Bertz CT molecular complexity index is 733. The molecule has 2 rings (SSSR count). The lowest BCUT2D eigenvalue weighted by molar-refractivity contribution is 0.0698. The van der Waals surface area contributed by atoms with Gasteiger partial charge in [-0.25, -0.2) is 4.79 Å². The molecule has 0 spiro atoms. The highest BCUT2D eigenvalue weighted by Crippen LogP contribution is 2.37. The maximum absolute atomic E-state index is 11.2. The van der Waals surface area contributed by atoms with Crippen molar-refractivity contribution in [2.24, 2.45) is 5.10 Å². The number of anilines is 1. The van der Waals surface area contributed by atoms with Gasteiger partial charge in [0.05, 0.1) is 38.8 Å². The summed E-state index contributed by atoms with van der Waals surface area (Å²) < 4.78 is 15.8. The first-order valence-corrected chi connectivity index (χ1v) is 7.02. The maximum atomic E-state index is 11.2. The second kappa shape index (κ2) is 7.87. The van der Waals surface area contributed by atoms with Gasteiger partial charge in [0.2, 0.25) is 5.75 Å². The number of carboxylic acids is 1. The molecule has 0 saturated heterocycles. The highest BCUT2D eigenvalue weighted by Gasteiger charge is 2.12. The summed E-state index contributed by atoms with van der Waals surface area (Å²) in [4.78, 5) is 11.2. The van der Waals surface area contributed by atoms with Crippen molar-refractivity contribution in [2.45, 2.75) is 0 Å². The first-order valence-electron chi connectivity index (χ1n) is 7.02. The summed E-state index contributed by atoms with van der Waals surface area (Å²) in [6.07, 6.45) is 1.53. The van der Waals surface area contributed by atoms with Gasteiger partial charge in [-0.1, -0.05) is 12.1 Å². The van der Waals surface area contributed by atoms with Gasteiger partial charge < -0.3 is 19.3 Å². The Kier molecular flexibility index (Phi) is 5.62. The van der Waals surface area contributed by atoms with E-state index in [1.165, 1.54) is 33.6 Å². The van der Waals surface area contributed by atoms with Gasteiger partial charge in [-0.3, -0.25) is 5.43 Å². The summed E-state index contributed by atoms with van der Waals surface area (Å²) in [5, 5.41) is 13.2. The van der Waals surface area contributed by atoms with Crippen LogP contribution in [0.4, 0.5) is 5.69 Å². The van der Waals surface area contributed by atoms with E-state index in [0.717, 1.165) is 0 Å². The van der Waals surface area contributed by atoms with E-state index in [9.17, 15) is 4.79 Å². The Balaban J connectivity index is 2.25. The van der Waals surface area contributed by atoms with Crippen molar-refractivity contribution in [1.82, 2.24) is 0 Å². The van der Waals surface area contributed by atoms with Crippen molar-refractivity contribution in [3.05, 3.63) is 47.5 Å². The Morgan fingerprint density at radius 1 is 1.08 bits per heavy atom. The summed E-state index contributed by atoms with van der Waals surface area (Å²) in [5.74, 6) is 0.468. The Morgan fingerprint density at radius 3 is 2.25 bits per heavy atom. The Hall–Kier alpha value is -3.22. The zero-order valence-electron chi connectivity index (χ0n) is 13.6. The lowest BCUT2D eigenvalue weighted by atomic mass is 10.2. The van der Waals surface area contributed by atoms with Gasteiger partial charge in [0, 0.05) is 5.56 Å². The van der Waals surface area contributed by atoms with Gasteiger partial charge in [-0.05, 0) is 24.3 Å². The fraction of sp³-hybridized carbons (Fsp3) is 0.176. The van der Waals surface area contributed by atoms with Crippen LogP contribution in [0.15, 0.2) is 41.5 Å². The van der Waals surface area contributed by atoms with Crippen molar-refractivity contribution >= 4 is 17.9 Å². The topological polar surface area (TPSA) is 89.4 Å². The number of rotatable bonds is 7. The number of hydrazone groups is 1. The van der Waals surface area contributed by atoms with Crippen LogP contribution in [0.25, 0.3) is 0 Å². The molecule has 0 bridgehead atoms. The number of para-hydroxylation sites is 1. The molecule has 0 aliphatic carbocycles. The van der Waals surface area contributed by atoms with Gasteiger partial charge >= 0.3 is 5.97 Å². The van der Waals surface area contributed by atoms with Crippen molar-refractivity contribution in [3.8, 4) is 17.2 Å². The molecule has 0 heterocycles. The van der Waals surface area contributed by atoms with E-state index in [-0.39, 0.29) is 5.56 Å². The molecule has 24 heavy (non-hydrogen) atoms. The highest BCUT2D eigenvalue weighted by atomic mass is 16.5. The molecular weight excluding hydrogens is 312 g/mol. The molecule has 126 valence electrons. The number of ether oxygens (including phenoxy) is 3. The molecule has 2 aromatic carbocycles. The molecule has 0 atom stereocenters. The van der Waals surface area contributed by atoms with Crippen LogP contribution < -0.4 is 19.6 Å². The number of hydrogen-bond acceptors (Lipinski definition) is 6. The van der Waals surface area contributed by atoms with Crippen LogP contribution in [0, 0.1) is 0 Å². The lowest BCUT2D eigenvalue weighted by Gasteiger charge is -2.12. The van der Waals surface area contributed by atoms with Crippen molar-refractivity contribution < 1.29 is 24.1 Å². The fourth-order valence-electron chi connectivity index (χ4n) is 2.12. The number of aromatic carboxylic acids is 1. The molecule has 0 aliphatic rings. The minimum Gasteiger partial charge on any atom is -0.493 e. The van der Waals surface area contributed by atoms with E-state index < -0.39 is 5.97 Å². The molecule has 0 saturated carbocycles. The molecule has 0 unspecified atom stereocenters. The number of benzene rings is 2. The van der Waals surface area contributed by atoms with Gasteiger partial charge in [-0.15, -0.1) is 0 Å². The van der Waals surface area contributed by atoms with Crippen LogP contribution in [0.2, 0.25) is 0 Å². The summed E-state index contributed by atoms with van der Waals surface area (Å²) in [6, 6.07) is 9.97. The van der Waals surface area contributed by atoms with Crippen LogP contribution in [0.3, 0.4) is 0 Å². The van der Waals surface area contributed by atoms with Crippen LogP contribution in [-0.2, 0) is 0 Å². The third kappa shape index (κ3) is 3.75. The Labute approximate surface area is 139 Å². The maximum Gasteiger partial charge on any atom is 0.337 e. The smallest absolute Gasteiger partial charge is 0.337 e. The minimum absolute atomic E-state index is 0.138. The van der Waals surface area contributed by atoms with Gasteiger partial charge in [0.1, 0.15) is 0 Å². The summed E-state index contributed by atoms with van der Waals surface area (Å²) in [5.41, 5.74) is 3.96. The first kappa shape index (κ1) is 17.1. The van der Waals surface area contributed by atoms with Crippen LogP contribution in [0.1, 0.15) is 15.9 Å². The third-order valence-corrected chi connectivity index (χ3v) is 3.24. The second-order valence-corrected chi connectivity index (χ2v) is 4.68. The fourth-order valence-corrected chi connectivity index (χ4v) is 2.12. The molecule has 0 aromatic heterocycles. The second-order valence-electron chi connectivity index (χ2n) is 4.68. The van der Waals surface area contributed by atoms with Crippen molar-refractivity contribution in [1.29, 1.82) is 0 Å². The number of nitrogens with zero attached hydrogens (tertiary/aromatic N) is 1. The number of hydrogen-bond donors (Lipinski definition) is 2. The van der Waals surface area contributed by atoms with Gasteiger partial charge in [0.25, 0.3) is 0 Å². The van der Waals surface area contributed by atoms with E-state index in [4.69, 9.17) is 19.3 Å². The van der Waals surface area contributed by atoms with E-state index in [1.807, 2.05) is 0 Å². The average molecular weight is 330 g/mol. The number of nitrogens with one attached hydrogen (secondary N) is 1. The molecule has 7 nitrogen and oxygen atoms in total. The minimum atomic E-state index is -1.03. The standard InChI is InChI=1S/C17H18N2O5/c1-22-14-8-11(9-15(23-2)16(14)24-3)10-18-19-13-7-5-4-6-12(13)17(20)21/h4-10,19H,1-3H3,(H,20,21)/b18-10+. The van der Waals surface area contributed by atoms with E-state index in [0.29, 0.717) is 28.5 Å². The Morgan fingerprint density at radius 2 is 1.71 bits per heavy atom. The highest BCUT2D eigenvalue weighted by molar-refractivity contribution is 5.94. The van der Waals surface area contributed by atoms with Crippen molar-refractivity contribution in [3.63, 3.8) is 0 Å². The summed E-state index contributed by atoms with van der Waals surface area (Å²) in [7, 11) is 4.58.